The highest BCUT2D eigenvalue weighted by atomic mass is 16.5. The van der Waals surface area contributed by atoms with Gasteiger partial charge in [-0.15, -0.1) is 0 Å². The molecule has 3 nitrogen and oxygen atoms in total. The van der Waals surface area contributed by atoms with Crippen molar-refractivity contribution >= 4 is 5.69 Å². The maximum absolute atomic E-state index is 6.02. The SMILES string of the molecule is COCCC(C)N(Cc1ccccc1N)C(C)C. The first-order valence-corrected chi connectivity index (χ1v) is 6.64. The molecular formula is C15H26N2O. The van der Waals surface area contributed by atoms with Crippen LogP contribution in [0.1, 0.15) is 32.8 Å². The second kappa shape index (κ2) is 7.39. The average Bonchev–Trinajstić information content (AvgIpc) is 2.34. The van der Waals surface area contributed by atoms with Crippen LogP contribution >= 0.6 is 0 Å². The molecule has 18 heavy (non-hydrogen) atoms. The Kier molecular flexibility index (Phi) is 6.16. The van der Waals surface area contributed by atoms with E-state index in [1.807, 2.05) is 18.2 Å². The third kappa shape index (κ3) is 4.31. The number of benzene rings is 1. The van der Waals surface area contributed by atoms with Crippen molar-refractivity contribution in [1.82, 2.24) is 4.90 Å². The van der Waals surface area contributed by atoms with Gasteiger partial charge in [-0.05, 0) is 38.8 Å². The highest BCUT2D eigenvalue weighted by Gasteiger charge is 2.17. The van der Waals surface area contributed by atoms with Crippen LogP contribution in [-0.4, -0.2) is 30.7 Å². The summed E-state index contributed by atoms with van der Waals surface area (Å²) in [5, 5.41) is 0. The maximum atomic E-state index is 6.02. The predicted octanol–water partition coefficient (Wildman–Crippen LogP) is 2.90. The number of para-hydroxylation sites is 1. The Bertz CT molecular complexity index is 352. The summed E-state index contributed by atoms with van der Waals surface area (Å²) in [6.07, 6.45) is 1.04. The third-order valence-electron chi connectivity index (χ3n) is 3.38. The lowest BCUT2D eigenvalue weighted by atomic mass is 10.1. The summed E-state index contributed by atoms with van der Waals surface area (Å²) in [5.41, 5.74) is 8.10. The van der Waals surface area contributed by atoms with Crippen molar-refractivity contribution < 1.29 is 4.74 Å². The molecule has 102 valence electrons. The minimum Gasteiger partial charge on any atom is -0.398 e. The first-order chi connectivity index (χ1) is 8.56. The number of rotatable bonds is 7. The first kappa shape index (κ1) is 15.0. The monoisotopic (exact) mass is 250 g/mol. The Hall–Kier alpha value is -1.06. The quantitative estimate of drug-likeness (QED) is 0.756. The molecule has 0 aliphatic rings. The molecule has 0 radical (unpaired) electrons. The van der Waals surface area contributed by atoms with Gasteiger partial charge in [0.15, 0.2) is 0 Å². The molecular weight excluding hydrogens is 224 g/mol. The van der Waals surface area contributed by atoms with Gasteiger partial charge in [0.2, 0.25) is 0 Å². The molecule has 1 unspecified atom stereocenters. The van der Waals surface area contributed by atoms with Gasteiger partial charge in [-0.2, -0.15) is 0 Å². The highest BCUT2D eigenvalue weighted by molar-refractivity contribution is 5.46. The molecule has 0 saturated heterocycles. The minimum absolute atomic E-state index is 0.490. The number of methoxy groups -OCH3 is 1. The number of nitrogens with zero attached hydrogens (tertiary/aromatic N) is 1. The van der Waals surface area contributed by atoms with Gasteiger partial charge in [-0.25, -0.2) is 0 Å². The van der Waals surface area contributed by atoms with Gasteiger partial charge in [-0.3, -0.25) is 4.90 Å². The third-order valence-corrected chi connectivity index (χ3v) is 3.38. The van der Waals surface area contributed by atoms with E-state index in [2.05, 4.69) is 31.7 Å². The van der Waals surface area contributed by atoms with Crippen LogP contribution in [0.3, 0.4) is 0 Å². The molecule has 3 heteroatoms. The second-order valence-corrected chi connectivity index (χ2v) is 5.10. The molecule has 0 fully saturated rings. The summed E-state index contributed by atoms with van der Waals surface area (Å²) in [6, 6.07) is 9.08. The van der Waals surface area contributed by atoms with Crippen LogP contribution in [0.5, 0.6) is 0 Å². The largest absolute Gasteiger partial charge is 0.398 e. The van der Waals surface area contributed by atoms with Crippen LogP contribution in [-0.2, 0) is 11.3 Å². The number of nitrogens with two attached hydrogens (primary N) is 1. The first-order valence-electron chi connectivity index (χ1n) is 6.64. The van der Waals surface area contributed by atoms with E-state index in [4.69, 9.17) is 10.5 Å². The average molecular weight is 250 g/mol. The van der Waals surface area contributed by atoms with E-state index in [9.17, 15) is 0 Å². The fourth-order valence-corrected chi connectivity index (χ4v) is 2.18. The number of nitrogen functional groups attached to an aromatic ring is 1. The van der Waals surface area contributed by atoms with Gasteiger partial charge in [0, 0.05) is 38.0 Å². The van der Waals surface area contributed by atoms with Crippen LogP contribution in [0.4, 0.5) is 5.69 Å². The molecule has 2 N–H and O–H groups in total. The minimum atomic E-state index is 0.490. The van der Waals surface area contributed by atoms with Crippen molar-refractivity contribution in [3.8, 4) is 0 Å². The van der Waals surface area contributed by atoms with E-state index in [0.29, 0.717) is 12.1 Å². The Morgan fingerprint density at radius 1 is 1.22 bits per heavy atom. The standard InChI is InChI=1S/C15H26N2O/c1-12(2)17(13(3)9-10-18-4)11-14-7-5-6-8-15(14)16/h5-8,12-13H,9-11,16H2,1-4H3. The zero-order valence-electron chi connectivity index (χ0n) is 12.0. The van der Waals surface area contributed by atoms with E-state index in [-0.39, 0.29) is 0 Å². The van der Waals surface area contributed by atoms with Gasteiger partial charge in [0.05, 0.1) is 0 Å². The van der Waals surface area contributed by atoms with E-state index in [1.165, 1.54) is 5.56 Å². The molecule has 1 atom stereocenters. The summed E-state index contributed by atoms with van der Waals surface area (Å²) >= 11 is 0. The van der Waals surface area contributed by atoms with E-state index in [0.717, 1.165) is 25.3 Å². The maximum Gasteiger partial charge on any atom is 0.0477 e. The van der Waals surface area contributed by atoms with E-state index >= 15 is 0 Å². The van der Waals surface area contributed by atoms with Gasteiger partial charge >= 0.3 is 0 Å². The zero-order chi connectivity index (χ0) is 13.5. The van der Waals surface area contributed by atoms with Gasteiger partial charge in [0.25, 0.3) is 0 Å². The fraction of sp³-hybridized carbons (Fsp3) is 0.600. The lowest BCUT2D eigenvalue weighted by Gasteiger charge is -2.33. The summed E-state index contributed by atoms with van der Waals surface area (Å²) in [5.74, 6) is 0. The zero-order valence-corrected chi connectivity index (χ0v) is 12.0. The number of hydrogen-bond acceptors (Lipinski definition) is 3. The molecule has 0 aliphatic carbocycles. The van der Waals surface area contributed by atoms with Crippen molar-refractivity contribution in [1.29, 1.82) is 0 Å². The Morgan fingerprint density at radius 3 is 2.44 bits per heavy atom. The van der Waals surface area contributed by atoms with E-state index < -0.39 is 0 Å². The van der Waals surface area contributed by atoms with Crippen molar-refractivity contribution in [2.45, 2.75) is 45.8 Å². The summed E-state index contributed by atoms with van der Waals surface area (Å²) < 4.78 is 5.16. The Labute approximate surface area is 111 Å². The van der Waals surface area contributed by atoms with Crippen LogP contribution < -0.4 is 5.73 Å². The predicted molar refractivity (Wildman–Crippen MR) is 77.5 cm³/mol. The molecule has 1 aromatic rings. The second-order valence-electron chi connectivity index (χ2n) is 5.10. The summed E-state index contributed by atoms with van der Waals surface area (Å²) in [4.78, 5) is 2.46. The fourth-order valence-electron chi connectivity index (χ4n) is 2.18. The molecule has 0 heterocycles. The Balaban J connectivity index is 2.71. The van der Waals surface area contributed by atoms with Crippen molar-refractivity contribution in [2.75, 3.05) is 19.5 Å². The number of ether oxygens (including phenoxy) is 1. The van der Waals surface area contributed by atoms with Gasteiger partial charge in [-0.1, -0.05) is 18.2 Å². The van der Waals surface area contributed by atoms with Gasteiger partial charge in [0.1, 0.15) is 0 Å². The smallest absolute Gasteiger partial charge is 0.0477 e. The topological polar surface area (TPSA) is 38.5 Å². The lowest BCUT2D eigenvalue weighted by molar-refractivity contribution is 0.110. The molecule has 1 rings (SSSR count). The highest BCUT2D eigenvalue weighted by Crippen LogP contribution is 2.18. The molecule has 0 aliphatic heterocycles. The molecule has 0 spiro atoms. The Morgan fingerprint density at radius 2 is 1.89 bits per heavy atom. The van der Waals surface area contributed by atoms with Crippen molar-refractivity contribution in [2.24, 2.45) is 0 Å². The summed E-state index contributed by atoms with van der Waals surface area (Å²) in [6.45, 7) is 8.40. The number of hydrogen-bond donors (Lipinski definition) is 1. The van der Waals surface area contributed by atoms with Crippen LogP contribution in [0.15, 0.2) is 24.3 Å². The lowest BCUT2D eigenvalue weighted by Crippen LogP contribution is -2.38. The molecule has 0 bridgehead atoms. The van der Waals surface area contributed by atoms with Crippen molar-refractivity contribution in [3.63, 3.8) is 0 Å². The molecule has 0 saturated carbocycles. The van der Waals surface area contributed by atoms with Gasteiger partial charge < -0.3 is 10.5 Å². The summed E-state index contributed by atoms with van der Waals surface area (Å²) in [7, 11) is 1.75. The normalized spacial score (nSPS) is 13.2. The molecule has 1 aromatic carbocycles. The van der Waals surface area contributed by atoms with Crippen LogP contribution in [0.25, 0.3) is 0 Å². The molecule has 0 amide bonds. The van der Waals surface area contributed by atoms with Crippen LogP contribution in [0, 0.1) is 0 Å². The number of anilines is 1. The van der Waals surface area contributed by atoms with Crippen molar-refractivity contribution in [3.05, 3.63) is 29.8 Å². The van der Waals surface area contributed by atoms with Crippen LogP contribution in [0.2, 0.25) is 0 Å². The molecule has 0 aromatic heterocycles. The van der Waals surface area contributed by atoms with E-state index in [1.54, 1.807) is 7.11 Å².